The van der Waals surface area contributed by atoms with E-state index in [0.717, 1.165) is 33.8 Å². The molecule has 36 heavy (non-hydrogen) atoms. The number of hydrogen-bond acceptors (Lipinski definition) is 4. The Morgan fingerprint density at radius 2 is 1.47 bits per heavy atom. The molecule has 5 heteroatoms. The van der Waals surface area contributed by atoms with Crippen molar-refractivity contribution in [2.75, 3.05) is 0 Å². The van der Waals surface area contributed by atoms with Gasteiger partial charge in [-0.25, -0.2) is 0 Å². The van der Waals surface area contributed by atoms with Crippen LogP contribution in [0.4, 0.5) is 0 Å². The van der Waals surface area contributed by atoms with Gasteiger partial charge in [-0.05, 0) is 31.2 Å². The van der Waals surface area contributed by atoms with E-state index in [1.807, 2.05) is 69.4 Å². The quantitative estimate of drug-likeness (QED) is 0.233. The third-order valence-corrected chi connectivity index (χ3v) is 5.70. The minimum atomic E-state index is -0.410. The maximum atomic E-state index is 9.40. The number of benzene rings is 3. The van der Waals surface area contributed by atoms with E-state index in [0.29, 0.717) is 6.42 Å². The molecule has 1 radical (unpaired) electrons. The van der Waals surface area contributed by atoms with Crippen molar-refractivity contribution in [1.29, 1.82) is 0 Å². The molecule has 0 spiro atoms. The van der Waals surface area contributed by atoms with Crippen LogP contribution in [0.1, 0.15) is 39.7 Å². The van der Waals surface area contributed by atoms with E-state index in [4.69, 9.17) is 15.1 Å². The molecule has 0 fully saturated rings. The second-order valence-corrected chi connectivity index (χ2v) is 9.93. The molecule has 0 aliphatic heterocycles. The first kappa shape index (κ1) is 29.5. The Bertz CT molecular complexity index is 1190. The fourth-order valence-electron chi connectivity index (χ4n) is 3.46. The van der Waals surface area contributed by atoms with Crippen LogP contribution in [0.3, 0.4) is 0 Å². The SMILES string of the molecule is CC(O)CC(O)C(C)(C)C.Cc1ccc(-c2cnc(-c3[c-]cccc3)c(-c3ccccc3)n2)cc1.[Ir]. The summed E-state index contributed by atoms with van der Waals surface area (Å²) in [5.74, 6) is 0. The van der Waals surface area contributed by atoms with E-state index in [9.17, 15) is 5.11 Å². The molecular weight excluding hydrogens is 625 g/mol. The summed E-state index contributed by atoms with van der Waals surface area (Å²) in [5.41, 5.74) is 6.79. The minimum absolute atomic E-state index is 0. The smallest absolute Gasteiger partial charge is 0.0873 e. The summed E-state index contributed by atoms with van der Waals surface area (Å²) < 4.78 is 0. The number of aromatic nitrogens is 2. The number of aliphatic hydroxyl groups is 2. The molecule has 0 aliphatic rings. The molecule has 1 aromatic heterocycles. The van der Waals surface area contributed by atoms with Crippen LogP contribution in [0.5, 0.6) is 0 Å². The van der Waals surface area contributed by atoms with Crippen LogP contribution < -0.4 is 0 Å². The molecule has 2 unspecified atom stereocenters. The molecule has 2 atom stereocenters. The summed E-state index contributed by atoms with van der Waals surface area (Å²) in [6, 6.07) is 29.7. The van der Waals surface area contributed by atoms with Crippen LogP contribution in [0.2, 0.25) is 0 Å². The van der Waals surface area contributed by atoms with Gasteiger partial charge >= 0.3 is 0 Å². The largest absolute Gasteiger partial charge is 0.393 e. The maximum Gasteiger partial charge on any atom is 0.0873 e. The van der Waals surface area contributed by atoms with Gasteiger partial charge < -0.3 is 15.2 Å². The molecule has 0 aliphatic carbocycles. The summed E-state index contributed by atoms with van der Waals surface area (Å²) in [6.45, 7) is 9.65. The van der Waals surface area contributed by atoms with Crippen molar-refractivity contribution in [2.24, 2.45) is 5.41 Å². The van der Waals surface area contributed by atoms with Crippen molar-refractivity contribution in [3.8, 4) is 33.8 Å². The van der Waals surface area contributed by atoms with Crippen molar-refractivity contribution in [3.05, 3.63) is 96.7 Å². The second kappa shape index (κ2) is 13.6. The van der Waals surface area contributed by atoms with Crippen molar-refractivity contribution >= 4 is 0 Å². The molecule has 0 amide bonds. The predicted octanol–water partition coefficient (Wildman–Crippen LogP) is 6.75. The normalized spacial score (nSPS) is 12.5. The van der Waals surface area contributed by atoms with Crippen molar-refractivity contribution in [2.45, 2.75) is 53.2 Å². The Morgan fingerprint density at radius 3 is 2.00 bits per heavy atom. The topological polar surface area (TPSA) is 66.2 Å². The van der Waals surface area contributed by atoms with Gasteiger partial charge in [-0.1, -0.05) is 80.9 Å². The molecule has 191 valence electrons. The first-order chi connectivity index (χ1) is 16.6. The van der Waals surface area contributed by atoms with Gasteiger partial charge in [-0.15, -0.1) is 35.9 Å². The van der Waals surface area contributed by atoms with Gasteiger partial charge in [0, 0.05) is 37.6 Å². The Kier molecular flexibility index (Phi) is 11.1. The Balaban J connectivity index is 0.000000357. The first-order valence-electron chi connectivity index (χ1n) is 12.0. The number of nitrogens with zero attached hydrogens (tertiary/aromatic N) is 2. The molecular formula is C31H35IrN2O2-. The monoisotopic (exact) mass is 660 g/mol. The molecule has 4 rings (SSSR count). The Morgan fingerprint density at radius 1 is 0.833 bits per heavy atom. The fraction of sp³-hybridized carbons (Fsp3) is 0.290. The van der Waals surface area contributed by atoms with Gasteiger partial charge in [0.15, 0.2) is 0 Å². The fourth-order valence-corrected chi connectivity index (χ4v) is 3.46. The van der Waals surface area contributed by atoms with E-state index < -0.39 is 12.2 Å². The minimum Gasteiger partial charge on any atom is -0.393 e. The summed E-state index contributed by atoms with van der Waals surface area (Å²) in [6.07, 6.45) is 1.48. The van der Waals surface area contributed by atoms with Gasteiger partial charge in [-0.3, -0.25) is 4.98 Å². The van der Waals surface area contributed by atoms with Gasteiger partial charge in [0.1, 0.15) is 0 Å². The first-order valence-corrected chi connectivity index (χ1v) is 12.0. The summed E-state index contributed by atoms with van der Waals surface area (Å²) in [4.78, 5) is 9.67. The molecule has 0 bridgehead atoms. The molecule has 4 nitrogen and oxygen atoms in total. The average Bonchev–Trinajstić information content (AvgIpc) is 2.85. The Hall–Kier alpha value is -2.69. The van der Waals surface area contributed by atoms with Crippen LogP contribution in [0, 0.1) is 18.4 Å². The van der Waals surface area contributed by atoms with Crippen LogP contribution in [0.25, 0.3) is 33.8 Å². The average molecular weight is 660 g/mol. The molecule has 0 saturated carbocycles. The van der Waals surface area contributed by atoms with Gasteiger partial charge in [-0.2, -0.15) is 0 Å². The van der Waals surface area contributed by atoms with Crippen LogP contribution in [0.15, 0.2) is 85.1 Å². The second-order valence-electron chi connectivity index (χ2n) is 9.93. The molecule has 0 saturated heterocycles. The zero-order valence-corrected chi connectivity index (χ0v) is 24.0. The van der Waals surface area contributed by atoms with E-state index in [-0.39, 0.29) is 25.5 Å². The number of aliphatic hydroxyl groups excluding tert-OH is 2. The number of aryl methyl sites for hydroxylation is 1. The van der Waals surface area contributed by atoms with Crippen LogP contribution >= 0.6 is 0 Å². The summed E-state index contributed by atoms with van der Waals surface area (Å²) in [5, 5.41) is 18.3. The van der Waals surface area contributed by atoms with Crippen LogP contribution in [-0.4, -0.2) is 32.4 Å². The zero-order chi connectivity index (χ0) is 25.4. The molecule has 3 aromatic carbocycles. The number of hydrogen-bond donors (Lipinski definition) is 2. The van der Waals surface area contributed by atoms with E-state index in [1.54, 1.807) is 6.92 Å². The van der Waals surface area contributed by atoms with E-state index in [2.05, 4.69) is 49.4 Å². The van der Waals surface area contributed by atoms with E-state index in [1.165, 1.54) is 5.56 Å². The van der Waals surface area contributed by atoms with E-state index >= 15 is 0 Å². The van der Waals surface area contributed by atoms with Gasteiger partial charge in [0.25, 0.3) is 0 Å². The molecule has 2 N–H and O–H groups in total. The molecule has 4 aromatic rings. The summed E-state index contributed by atoms with van der Waals surface area (Å²) in [7, 11) is 0. The third kappa shape index (κ3) is 8.46. The Labute approximate surface area is 228 Å². The van der Waals surface area contributed by atoms with Crippen molar-refractivity contribution in [1.82, 2.24) is 9.97 Å². The summed E-state index contributed by atoms with van der Waals surface area (Å²) >= 11 is 0. The molecule has 1 heterocycles. The predicted molar refractivity (Wildman–Crippen MR) is 144 cm³/mol. The standard InChI is InChI=1S/C23H17N2.C8H18O2.Ir/c1-17-12-14-18(15-13-17)21-16-24-22(19-8-4-2-5-9-19)23(25-21)20-10-6-3-7-11-20;1-6(9)5-7(10)8(2,3)4;/h2-8,10-16H,1H3;6-7,9-10H,5H2,1-4H3;/q-1;;. The van der Waals surface area contributed by atoms with Gasteiger partial charge in [0.05, 0.1) is 23.6 Å². The van der Waals surface area contributed by atoms with Crippen LogP contribution in [-0.2, 0) is 20.1 Å². The maximum absolute atomic E-state index is 9.40. The third-order valence-electron chi connectivity index (χ3n) is 5.70. The zero-order valence-electron chi connectivity index (χ0n) is 21.6. The number of rotatable bonds is 5. The van der Waals surface area contributed by atoms with Crippen molar-refractivity contribution < 1.29 is 30.3 Å². The van der Waals surface area contributed by atoms with Crippen molar-refractivity contribution in [3.63, 3.8) is 0 Å². The van der Waals surface area contributed by atoms with Gasteiger partial charge in [0.2, 0.25) is 0 Å².